The molecule has 0 radical (unpaired) electrons. The van der Waals surface area contributed by atoms with Crippen molar-refractivity contribution in [3.05, 3.63) is 40.4 Å². The van der Waals surface area contributed by atoms with Gasteiger partial charge in [-0.3, -0.25) is 0 Å². The van der Waals surface area contributed by atoms with Crippen LogP contribution in [-0.4, -0.2) is 4.57 Å². The van der Waals surface area contributed by atoms with Gasteiger partial charge < -0.3 is 4.57 Å². The summed E-state index contributed by atoms with van der Waals surface area (Å²) in [4.78, 5) is 2.76. The van der Waals surface area contributed by atoms with Crippen LogP contribution in [0, 0.1) is 6.92 Å². The second kappa shape index (κ2) is 3.09. The largest absolute Gasteiger partial charge is 0.350 e. The number of hydrogen-bond donors (Lipinski definition) is 0. The lowest BCUT2D eigenvalue weighted by Gasteiger charge is -1.96. The van der Waals surface area contributed by atoms with E-state index in [1.54, 1.807) is 0 Å². The van der Waals surface area contributed by atoms with Crippen LogP contribution in [0.15, 0.2) is 29.5 Å². The second-order valence-electron chi connectivity index (χ2n) is 3.31. The van der Waals surface area contributed by atoms with E-state index >= 15 is 0 Å². The van der Waals surface area contributed by atoms with Gasteiger partial charge in [0.2, 0.25) is 0 Å². The molecule has 1 heterocycles. The Morgan fingerprint density at radius 3 is 2.93 bits per heavy atom. The van der Waals surface area contributed by atoms with Gasteiger partial charge in [-0.2, -0.15) is 0 Å². The molecule has 1 aromatic carbocycles. The van der Waals surface area contributed by atoms with E-state index in [4.69, 9.17) is 5.53 Å². The maximum absolute atomic E-state index is 8.32. The fraction of sp³-hybridized carbons (Fsp3) is 0.200. The highest BCUT2D eigenvalue weighted by Crippen LogP contribution is 2.24. The highest BCUT2D eigenvalue weighted by Gasteiger charge is 2.02. The Hall–Kier alpha value is -1.93. The zero-order valence-corrected chi connectivity index (χ0v) is 8.10. The summed E-state index contributed by atoms with van der Waals surface area (Å²) in [7, 11) is 1.98. The van der Waals surface area contributed by atoms with Crippen molar-refractivity contribution < 1.29 is 0 Å². The Balaban J connectivity index is 2.76. The Kier molecular flexibility index (Phi) is 1.91. The van der Waals surface area contributed by atoms with Crippen LogP contribution in [0.1, 0.15) is 5.56 Å². The lowest BCUT2D eigenvalue weighted by molar-refractivity contribution is 0.964. The van der Waals surface area contributed by atoms with Crippen molar-refractivity contribution in [2.75, 3.05) is 0 Å². The quantitative estimate of drug-likeness (QED) is 0.372. The predicted octanol–water partition coefficient (Wildman–Crippen LogP) is 3.43. The number of fused-ring (bicyclic) bond motifs is 1. The molecule has 0 saturated carbocycles. The first-order valence-electron chi connectivity index (χ1n) is 4.33. The van der Waals surface area contributed by atoms with Gasteiger partial charge >= 0.3 is 0 Å². The third-order valence-electron chi connectivity index (χ3n) is 2.33. The van der Waals surface area contributed by atoms with Crippen molar-refractivity contribution in [3.8, 4) is 0 Å². The lowest BCUT2D eigenvalue weighted by Crippen LogP contribution is -1.82. The monoisotopic (exact) mass is 186 g/mol. The molecular formula is C10H10N4. The summed E-state index contributed by atoms with van der Waals surface area (Å²) in [6.07, 6.45) is 2.06. The van der Waals surface area contributed by atoms with Crippen molar-refractivity contribution in [3.63, 3.8) is 0 Å². The summed E-state index contributed by atoms with van der Waals surface area (Å²) in [5.41, 5.74) is 11.3. The second-order valence-corrected chi connectivity index (χ2v) is 3.31. The number of rotatable bonds is 1. The SMILES string of the molecule is Cc1cn(C)c2cc(N=[N+]=[N-])ccc12. The minimum Gasteiger partial charge on any atom is -0.350 e. The molecule has 0 bridgehead atoms. The molecule has 0 aliphatic heterocycles. The zero-order valence-electron chi connectivity index (χ0n) is 8.10. The number of hydrogen-bond acceptors (Lipinski definition) is 1. The van der Waals surface area contributed by atoms with Crippen LogP contribution in [0.3, 0.4) is 0 Å². The fourth-order valence-corrected chi connectivity index (χ4v) is 1.69. The molecule has 0 amide bonds. The van der Waals surface area contributed by atoms with E-state index in [2.05, 4.69) is 23.1 Å². The fourth-order valence-electron chi connectivity index (χ4n) is 1.69. The van der Waals surface area contributed by atoms with Crippen molar-refractivity contribution in [2.45, 2.75) is 6.92 Å². The van der Waals surface area contributed by atoms with E-state index in [0.29, 0.717) is 5.69 Å². The summed E-state index contributed by atoms with van der Waals surface area (Å²) in [5, 5.41) is 4.77. The van der Waals surface area contributed by atoms with Gasteiger partial charge in [0, 0.05) is 34.7 Å². The Bertz CT molecular complexity index is 532. The summed E-state index contributed by atoms with van der Waals surface area (Å²) in [6, 6.07) is 5.70. The molecule has 70 valence electrons. The van der Waals surface area contributed by atoms with Gasteiger partial charge in [0.05, 0.1) is 0 Å². The van der Waals surface area contributed by atoms with Gasteiger partial charge in [0.15, 0.2) is 0 Å². The highest BCUT2D eigenvalue weighted by atomic mass is 15.1. The van der Waals surface area contributed by atoms with Gasteiger partial charge in [-0.05, 0) is 24.1 Å². The number of nitrogens with zero attached hydrogens (tertiary/aromatic N) is 4. The molecule has 0 unspecified atom stereocenters. The highest BCUT2D eigenvalue weighted by molar-refractivity contribution is 5.86. The molecule has 0 fully saturated rings. The third kappa shape index (κ3) is 1.22. The van der Waals surface area contributed by atoms with Gasteiger partial charge in [0.25, 0.3) is 0 Å². The Labute approximate surface area is 81.4 Å². The average molecular weight is 186 g/mol. The maximum Gasteiger partial charge on any atom is 0.0485 e. The molecule has 0 spiro atoms. The van der Waals surface area contributed by atoms with Crippen LogP contribution >= 0.6 is 0 Å². The van der Waals surface area contributed by atoms with Crippen molar-refractivity contribution >= 4 is 16.6 Å². The molecule has 4 heteroatoms. The number of aryl methyl sites for hydroxylation is 2. The van der Waals surface area contributed by atoms with E-state index in [9.17, 15) is 0 Å². The molecule has 0 aliphatic carbocycles. The van der Waals surface area contributed by atoms with Crippen molar-refractivity contribution in [2.24, 2.45) is 12.2 Å². The van der Waals surface area contributed by atoms with Crippen LogP contribution in [-0.2, 0) is 7.05 Å². The molecule has 0 atom stereocenters. The molecule has 0 saturated heterocycles. The summed E-state index contributed by atoms with van der Waals surface area (Å²) >= 11 is 0. The molecule has 0 N–H and O–H groups in total. The molecule has 14 heavy (non-hydrogen) atoms. The summed E-state index contributed by atoms with van der Waals surface area (Å²) in [5.74, 6) is 0. The van der Waals surface area contributed by atoms with Crippen molar-refractivity contribution in [1.82, 2.24) is 4.57 Å². The predicted molar refractivity (Wildman–Crippen MR) is 56.5 cm³/mol. The third-order valence-corrected chi connectivity index (χ3v) is 2.33. The first kappa shape index (κ1) is 8.66. The van der Waals surface area contributed by atoms with E-state index in [1.807, 2.05) is 29.8 Å². The van der Waals surface area contributed by atoms with Crippen LogP contribution in [0.5, 0.6) is 0 Å². The lowest BCUT2D eigenvalue weighted by atomic mass is 10.2. The average Bonchev–Trinajstić information content (AvgIpc) is 2.43. The number of aromatic nitrogens is 1. The first-order valence-corrected chi connectivity index (χ1v) is 4.33. The minimum atomic E-state index is 0.654. The summed E-state index contributed by atoms with van der Waals surface area (Å²) < 4.78 is 2.03. The first-order chi connectivity index (χ1) is 6.72. The minimum absolute atomic E-state index is 0.654. The molecule has 0 aliphatic rings. The molecule has 1 aromatic heterocycles. The van der Waals surface area contributed by atoms with Crippen LogP contribution < -0.4 is 0 Å². The maximum atomic E-state index is 8.32. The van der Waals surface area contributed by atoms with Crippen molar-refractivity contribution in [1.29, 1.82) is 0 Å². The standard InChI is InChI=1S/C10H10N4/c1-7-6-14(2)10-5-8(12-13-11)3-4-9(7)10/h3-6H,1-2H3. The van der Waals surface area contributed by atoms with Gasteiger partial charge in [0.1, 0.15) is 0 Å². The molecular weight excluding hydrogens is 176 g/mol. The number of benzene rings is 1. The molecule has 4 nitrogen and oxygen atoms in total. The topological polar surface area (TPSA) is 53.7 Å². The molecule has 2 aromatic rings. The van der Waals surface area contributed by atoms with Gasteiger partial charge in [-0.15, -0.1) is 0 Å². The van der Waals surface area contributed by atoms with Crippen LogP contribution in [0.4, 0.5) is 5.69 Å². The van der Waals surface area contributed by atoms with E-state index < -0.39 is 0 Å². The zero-order chi connectivity index (χ0) is 10.1. The van der Waals surface area contributed by atoms with E-state index in [-0.39, 0.29) is 0 Å². The van der Waals surface area contributed by atoms with Crippen LogP contribution in [0.25, 0.3) is 21.3 Å². The number of azide groups is 1. The van der Waals surface area contributed by atoms with Gasteiger partial charge in [-0.1, -0.05) is 17.2 Å². The Morgan fingerprint density at radius 2 is 2.21 bits per heavy atom. The van der Waals surface area contributed by atoms with E-state index in [1.165, 1.54) is 10.9 Å². The van der Waals surface area contributed by atoms with E-state index in [0.717, 1.165) is 5.52 Å². The molecule has 2 rings (SSSR count). The van der Waals surface area contributed by atoms with Gasteiger partial charge in [-0.25, -0.2) is 0 Å². The summed E-state index contributed by atoms with van der Waals surface area (Å²) in [6.45, 7) is 2.07. The van der Waals surface area contributed by atoms with Crippen LogP contribution in [0.2, 0.25) is 0 Å². The smallest absolute Gasteiger partial charge is 0.0485 e. The normalized spacial score (nSPS) is 10.1. The Morgan fingerprint density at radius 1 is 1.43 bits per heavy atom.